The van der Waals surface area contributed by atoms with E-state index < -0.39 is 0 Å². The Morgan fingerprint density at radius 2 is 2.05 bits per heavy atom. The van der Waals surface area contributed by atoms with Crippen LogP contribution in [0.3, 0.4) is 0 Å². The molecule has 108 valence electrons. The monoisotopic (exact) mass is 317 g/mol. The Hall–Kier alpha value is -1.99. The van der Waals surface area contributed by atoms with Crippen molar-refractivity contribution < 1.29 is 0 Å². The molecule has 0 saturated heterocycles. The predicted molar refractivity (Wildman–Crippen MR) is 88.7 cm³/mol. The fourth-order valence-corrected chi connectivity index (χ4v) is 3.49. The Kier molecular flexibility index (Phi) is 3.85. The van der Waals surface area contributed by atoms with Crippen molar-refractivity contribution in [1.82, 2.24) is 14.3 Å². The molecule has 21 heavy (non-hydrogen) atoms. The van der Waals surface area contributed by atoms with Crippen LogP contribution in [0.25, 0.3) is 11.3 Å². The van der Waals surface area contributed by atoms with E-state index >= 15 is 0 Å². The van der Waals surface area contributed by atoms with Crippen LogP contribution in [-0.4, -0.2) is 21.4 Å². The summed E-state index contributed by atoms with van der Waals surface area (Å²) in [5, 5.41) is 4.09. The molecule has 3 aromatic heterocycles. The van der Waals surface area contributed by atoms with Gasteiger partial charge in [0.25, 0.3) is 0 Å². The molecule has 0 saturated carbocycles. The first kappa shape index (κ1) is 14.0. The van der Waals surface area contributed by atoms with Gasteiger partial charge in [-0.3, -0.25) is 4.98 Å². The van der Waals surface area contributed by atoms with Gasteiger partial charge in [0.1, 0.15) is 10.8 Å². The highest BCUT2D eigenvalue weighted by Crippen LogP contribution is 2.39. The minimum Gasteiger partial charge on any atom is -0.382 e. The van der Waals surface area contributed by atoms with Crippen molar-refractivity contribution in [3.8, 4) is 11.3 Å². The average Bonchev–Trinajstić information content (AvgIpc) is 3.05. The SMILES string of the molecule is Cc1nc(-c2c(N)nsc2N(C)Cc2ccncc2)cs1. The van der Waals surface area contributed by atoms with Gasteiger partial charge in [0.15, 0.2) is 0 Å². The first-order valence-corrected chi connectivity index (χ1v) is 8.08. The number of anilines is 2. The molecular formula is C14H15N5S2. The molecule has 0 bridgehead atoms. The zero-order valence-corrected chi connectivity index (χ0v) is 13.4. The number of aromatic nitrogens is 3. The third kappa shape index (κ3) is 2.88. The van der Waals surface area contributed by atoms with Crippen molar-refractivity contribution in [3.63, 3.8) is 0 Å². The zero-order chi connectivity index (χ0) is 14.8. The number of hydrogen-bond acceptors (Lipinski definition) is 7. The van der Waals surface area contributed by atoms with Gasteiger partial charge in [0.2, 0.25) is 0 Å². The van der Waals surface area contributed by atoms with E-state index in [1.165, 1.54) is 17.1 Å². The molecule has 3 heterocycles. The van der Waals surface area contributed by atoms with Gasteiger partial charge in [-0.2, -0.15) is 4.37 Å². The Labute approximate surface area is 131 Å². The Morgan fingerprint density at radius 3 is 2.71 bits per heavy atom. The van der Waals surface area contributed by atoms with E-state index in [9.17, 15) is 0 Å². The van der Waals surface area contributed by atoms with Crippen LogP contribution in [0.4, 0.5) is 10.8 Å². The molecule has 0 spiro atoms. The van der Waals surface area contributed by atoms with E-state index in [0.717, 1.165) is 27.8 Å². The molecule has 0 fully saturated rings. The number of aryl methyl sites for hydroxylation is 1. The lowest BCUT2D eigenvalue weighted by atomic mass is 10.2. The number of pyridine rings is 1. The standard InChI is InChI=1S/C14H15N5S2/c1-9-17-11(8-20-9)12-13(15)18-21-14(12)19(2)7-10-3-5-16-6-4-10/h3-6,8H,7H2,1-2H3,(H2,15,18). The summed E-state index contributed by atoms with van der Waals surface area (Å²) in [6.45, 7) is 2.77. The minimum atomic E-state index is 0.543. The summed E-state index contributed by atoms with van der Waals surface area (Å²) >= 11 is 3.03. The number of nitrogens with zero attached hydrogens (tertiary/aromatic N) is 4. The van der Waals surface area contributed by atoms with Crippen LogP contribution in [0, 0.1) is 6.92 Å². The molecule has 0 aliphatic rings. The van der Waals surface area contributed by atoms with Crippen molar-refractivity contribution in [1.29, 1.82) is 0 Å². The summed E-state index contributed by atoms with van der Waals surface area (Å²) in [5.74, 6) is 0.543. The van der Waals surface area contributed by atoms with E-state index in [-0.39, 0.29) is 0 Å². The molecule has 0 atom stereocenters. The molecule has 0 aliphatic heterocycles. The topological polar surface area (TPSA) is 67.9 Å². The molecule has 2 N–H and O–H groups in total. The number of rotatable bonds is 4. The smallest absolute Gasteiger partial charge is 0.148 e. The molecule has 0 aliphatic carbocycles. The molecule has 0 amide bonds. The third-order valence-corrected chi connectivity index (χ3v) is 4.84. The second-order valence-electron chi connectivity index (χ2n) is 4.71. The van der Waals surface area contributed by atoms with Gasteiger partial charge < -0.3 is 10.6 Å². The maximum atomic E-state index is 6.04. The minimum absolute atomic E-state index is 0.543. The van der Waals surface area contributed by atoms with Crippen molar-refractivity contribution in [2.24, 2.45) is 0 Å². The van der Waals surface area contributed by atoms with E-state index in [1.54, 1.807) is 23.7 Å². The number of nitrogens with two attached hydrogens (primary N) is 1. The maximum Gasteiger partial charge on any atom is 0.148 e. The number of hydrogen-bond donors (Lipinski definition) is 1. The molecular weight excluding hydrogens is 302 g/mol. The highest BCUT2D eigenvalue weighted by Gasteiger charge is 2.19. The Balaban J connectivity index is 1.92. The maximum absolute atomic E-state index is 6.04. The van der Waals surface area contributed by atoms with Crippen molar-refractivity contribution in [2.45, 2.75) is 13.5 Å². The highest BCUT2D eigenvalue weighted by atomic mass is 32.1. The number of thiazole rings is 1. The summed E-state index contributed by atoms with van der Waals surface area (Å²) in [5.41, 5.74) is 9.07. The van der Waals surface area contributed by atoms with E-state index in [0.29, 0.717) is 5.82 Å². The fourth-order valence-electron chi connectivity index (χ4n) is 2.11. The van der Waals surface area contributed by atoms with Gasteiger partial charge in [-0.1, -0.05) is 0 Å². The summed E-state index contributed by atoms with van der Waals surface area (Å²) in [6, 6.07) is 4.01. The van der Waals surface area contributed by atoms with Crippen LogP contribution in [0.2, 0.25) is 0 Å². The van der Waals surface area contributed by atoms with Gasteiger partial charge >= 0.3 is 0 Å². The first-order valence-electron chi connectivity index (χ1n) is 6.43. The molecule has 0 unspecified atom stereocenters. The van der Waals surface area contributed by atoms with Crippen LogP contribution < -0.4 is 10.6 Å². The Bertz CT molecular complexity index is 735. The highest BCUT2D eigenvalue weighted by molar-refractivity contribution is 7.11. The van der Waals surface area contributed by atoms with Crippen LogP contribution >= 0.6 is 22.9 Å². The quantitative estimate of drug-likeness (QED) is 0.800. The van der Waals surface area contributed by atoms with Crippen LogP contribution in [-0.2, 0) is 6.54 Å². The fraction of sp³-hybridized carbons (Fsp3) is 0.214. The molecule has 5 nitrogen and oxygen atoms in total. The summed E-state index contributed by atoms with van der Waals surface area (Å²) in [4.78, 5) is 10.7. The summed E-state index contributed by atoms with van der Waals surface area (Å²) < 4.78 is 4.29. The van der Waals surface area contributed by atoms with Crippen LogP contribution in [0.15, 0.2) is 29.9 Å². The first-order chi connectivity index (χ1) is 10.1. The summed E-state index contributed by atoms with van der Waals surface area (Å²) in [6.07, 6.45) is 3.60. The lowest BCUT2D eigenvalue weighted by molar-refractivity contribution is 0.931. The average molecular weight is 317 g/mol. The van der Waals surface area contributed by atoms with E-state index in [4.69, 9.17) is 5.73 Å². The van der Waals surface area contributed by atoms with E-state index in [1.807, 2.05) is 31.5 Å². The normalized spacial score (nSPS) is 10.8. The second-order valence-corrected chi connectivity index (χ2v) is 6.53. The third-order valence-electron chi connectivity index (χ3n) is 3.09. The molecule has 3 rings (SSSR count). The van der Waals surface area contributed by atoms with Crippen molar-refractivity contribution in [3.05, 3.63) is 40.5 Å². The van der Waals surface area contributed by atoms with Gasteiger partial charge in [-0.05, 0) is 36.2 Å². The lowest BCUT2D eigenvalue weighted by Gasteiger charge is -2.18. The van der Waals surface area contributed by atoms with Gasteiger partial charge in [0.05, 0.1) is 16.3 Å². The van der Waals surface area contributed by atoms with Crippen molar-refractivity contribution in [2.75, 3.05) is 17.7 Å². The van der Waals surface area contributed by atoms with Gasteiger partial charge in [-0.15, -0.1) is 11.3 Å². The lowest BCUT2D eigenvalue weighted by Crippen LogP contribution is -2.16. The molecule has 0 aromatic carbocycles. The van der Waals surface area contributed by atoms with Gasteiger partial charge in [-0.25, -0.2) is 4.98 Å². The zero-order valence-electron chi connectivity index (χ0n) is 11.8. The molecule has 0 radical (unpaired) electrons. The Morgan fingerprint density at radius 1 is 1.29 bits per heavy atom. The van der Waals surface area contributed by atoms with Crippen LogP contribution in [0.5, 0.6) is 0 Å². The molecule has 7 heteroatoms. The van der Waals surface area contributed by atoms with Crippen LogP contribution in [0.1, 0.15) is 10.6 Å². The van der Waals surface area contributed by atoms with Crippen molar-refractivity contribution >= 4 is 33.7 Å². The summed E-state index contributed by atoms with van der Waals surface area (Å²) in [7, 11) is 2.04. The number of nitrogen functional groups attached to an aromatic ring is 1. The predicted octanol–water partition coefficient (Wildman–Crippen LogP) is 3.19. The van der Waals surface area contributed by atoms with E-state index in [2.05, 4.69) is 19.2 Å². The molecule has 3 aromatic rings. The second kappa shape index (κ2) is 5.79. The largest absolute Gasteiger partial charge is 0.382 e. The van der Waals surface area contributed by atoms with Gasteiger partial charge in [0, 0.05) is 31.4 Å².